The summed E-state index contributed by atoms with van der Waals surface area (Å²) in [6.07, 6.45) is -3.27. The van der Waals surface area contributed by atoms with Gasteiger partial charge in [-0.05, 0) is 0 Å². The van der Waals surface area contributed by atoms with Crippen LogP contribution in [0.5, 0.6) is 0 Å². The van der Waals surface area contributed by atoms with Crippen molar-refractivity contribution >= 4 is 11.8 Å². The Morgan fingerprint density at radius 2 is 2.35 bits per heavy atom. The minimum absolute atomic E-state index is 0.0265. The third-order valence-corrected chi connectivity index (χ3v) is 2.20. The molecule has 0 radical (unpaired) electrons. The maximum atomic E-state index is 10.9. The van der Waals surface area contributed by atoms with Crippen molar-refractivity contribution in [1.82, 2.24) is 10.2 Å². The highest BCUT2D eigenvalue weighted by atomic mass is 16.5. The van der Waals surface area contributed by atoms with Crippen LogP contribution in [0.3, 0.4) is 0 Å². The summed E-state index contributed by atoms with van der Waals surface area (Å²) in [6.45, 7) is 0. The van der Waals surface area contributed by atoms with Gasteiger partial charge in [0.2, 0.25) is 0 Å². The number of aliphatic hydroxyl groups is 2. The number of hydrogen-bond donors (Lipinski definition) is 4. The van der Waals surface area contributed by atoms with Gasteiger partial charge in [0, 0.05) is 0 Å². The minimum atomic E-state index is -1.46. The number of nitrogens with zero attached hydrogens (tertiary/aromatic N) is 2. The summed E-state index contributed by atoms with van der Waals surface area (Å²) in [4.78, 5) is 10.9. The van der Waals surface area contributed by atoms with Gasteiger partial charge in [-0.3, -0.25) is 9.89 Å². The third-order valence-electron chi connectivity index (χ3n) is 2.20. The zero-order valence-electron chi connectivity index (χ0n) is 9.04. The molecule has 1 aromatic heterocycles. The minimum Gasteiger partial charge on any atom is -0.469 e. The Hall–Kier alpha value is -2.11. The second-order valence-electron chi connectivity index (χ2n) is 3.30. The molecule has 0 aromatic carbocycles. The molecule has 2 atom stereocenters. The number of aliphatic hydroxyl groups excluding tert-OH is 2. The van der Waals surface area contributed by atoms with E-state index < -0.39 is 24.6 Å². The summed E-state index contributed by atoms with van der Waals surface area (Å²) in [6, 6.07) is 1.74. The molecular formula is C9H12N4O4. The number of aromatic nitrogens is 2. The first-order valence-electron chi connectivity index (χ1n) is 4.68. The highest BCUT2D eigenvalue weighted by Gasteiger charge is 2.27. The van der Waals surface area contributed by atoms with E-state index in [2.05, 4.69) is 14.9 Å². The lowest BCUT2D eigenvalue weighted by molar-refractivity contribution is -0.144. The number of nitriles is 1. The molecule has 0 saturated heterocycles. The fraction of sp³-hybridized carbons (Fsp3) is 0.444. The summed E-state index contributed by atoms with van der Waals surface area (Å²) in [5, 5.41) is 33.9. The van der Waals surface area contributed by atoms with Crippen LogP contribution in [0.25, 0.3) is 0 Å². The smallest absolute Gasteiger partial charge is 0.308 e. The van der Waals surface area contributed by atoms with Crippen LogP contribution in [0.1, 0.15) is 23.8 Å². The van der Waals surface area contributed by atoms with Gasteiger partial charge in [0.1, 0.15) is 17.7 Å². The molecule has 0 bridgehead atoms. The molecule has 1 aromatic rings. The van der Waals surface area contributed by atoms with Crippen molar-refractivity contribution in [3.63, 3.8) is 0 Å². The van der Waals surface area contributed by atoms with Crippen molar-refractivity contribution in [3.05, 3.63) is 11.3 Å². The standard InChI is InChI=1S/C9H12N4O4/c1-17-6(15)2-5(14)8(16)7-4(3-10)9(11)13-12-7/h5,8,14,16H,2H2,1H3,(H3,11,12,13). The Bertz CT molecular complexity index is 450. The van der Waals surface area contributed by atoms with Gasteiger partial charge in [0.25, 0.3) is 0 Å². The molecular weight excluding hydrogens is 228 g/mol. The first-order valence-corrected chi connectivity index (χ1v) is 4.68. The normalized spacial score (nSPS) is 13.8. The van der Waals surface area contributed by atoms with Gasteiger partial charge in [-0.2, -0.15) is 10.4 Å². The average Bonchev–Trinajstić information content (AvgIpc) is 2.68. The van der Waals surface area contributed by atoms with Crippen LogP contribution in [0.4, 0.5) is 5.82 Å². The molecule has 0 aliphatic heterocycles. The van der Waals surface area contributed by atoms with Crippen molar-refractivity contribution in [2.75, 3.05) is 12.8 Å². The van der Waals surface area contributed by atoms with Crippen LogP contribution in [0.15, 0.2) is 0 Å². The predicted molar refractivity (Wildman–Crippen MR) is 55.3 cm³/mol. The van der Waals surface area contributed by atoms with E-state index in [0.29, 0.717) is 0 Å². The lowest BCUT2D eigenvalue weighted by Crippen LogP contribution is -2.23. The van der Waals surface area contributed by atoms with Gasteiger partial charge in [-0.15, -0.1) is 0 Å². The molecule has 17 heavy (non-hydrogen) atoms. The van der Waals surface area contributed by atoms with E-state index in [4.69, 9.17) is 11.0 Å². The molecule has 5 N–H and O–H groups in total. The zero-order chi connectivity index (χ0) is 13.0. The lowest BCUT2D eigenvalue weighted by Gasteiger charge is -2.15. The Balaban J connectivity index is 2.85. The molecule has 1 rings (SSSR count). The van der Waals surface area contributed by atoms with Crippen LogP contribution < -0.4 is 5.73 Å². The highest BCUT2D eigenvalue weighted by Crippen LogP contribution is 2.23. The van der Waals surface area contributed by atoms with Gasteiger partial charge in [0.05, 0.1) is 25.3 Å². The van der Waals surface area contributed by atoms with Gasteiger partial charge in [-0.25, -0.2) is 0 Å². The molecule has 0 saturated carbocycles. The number of esters is 1. The molecule has 1 heterocycles. The summed E-state index contributed by atoms with van der Waals surface area (Å²) < 4.78 is 4.34. The van der Waals surface area contributed by atoms with E-state index in [1.54, 1.807) is 6.07 Å². The van der Waals surface area contributed by atoms with E-state index >= 15 is 0 Å². The molecule has 8 heteroatoms. The number of methoxy groups -OCH3 is 1. The van der Waals surface area contributed by atoms with Crippen LogP contribution in [-0.4, -0.2) is 39.6 Å². The number of nitrogens with one attached hydrogen (secondary N) is 1. The fourth-order valence-corrected chi connectivity index (χ4v) is 1.26. The van der Waals surface area contributed by atoms with Crippen molar-refractivity contribution in [1.29, 1.82) is 5.26 Å². The third kappa shape index (κ3) is 2.72. The van der Waals surface area contributed by atoms with Gasteiger partial charge in [0.15, 0.2) is 5.82 Å². The monoisotopic (exact) mass is 240 g/mol. The van der Waals surface area contributed by atoms with E-state index in [1.165, 1.54) is 0 Å². The van der Waals surface area contributed by atoms with Crippen molar-refractivity contribution in [2.45, 2.75) is 18.6 Å². The summed E-state index contributed by atoms with van der Waals surface area (Å²) in [5.41, 5.74) is 5.29. The second kappa shape index (κ2) is 5.29. The molecule has 0 amide bonds. The van der Waals surface area contributed by atoms with Gasteiger partial charge < -0.3 is 20.7 Å². The van der Waals surface area contributed by atoms with Crippen LogP contribution in [0.2, 0.25) is 0 Å². The van der Waals surface area contributed by atoms with Crippen LogP contribution in [-0.2, 0) is 9.53 Å². The largest absolute Gasteiger partial charge is 0.469 e. The van der Waals surface area contributed by atoms with Crippen molar-refractivity contribution in [2.24, 2.45) is 0 Å². The summed E-state index contributed by atoms with van der Waals surface area (Å²) in [5.74, 6) is -0.755. The highest BCUT2D eigenvalue weighted by molar-refractivity contribution is 5.69. The SMILES string of the molecule is COC(=O)CC(O)C(O)c1[nH]nc(N)c1C#N. The maximum Gasteiger partial charge on any atom is 0.308 e. The molecule has 0 spiro atoms. The molecule has 8 nitrogen and oxygen atoms in total. The first-order chi connectivity index (χ1) is 8.01. The van der Waals surface area contributed by atoms with Gasteiger partial charge in [-0.1, -0.05) is 0 Å². The Kier molecular flexibility index (Phi) is 4.03. The Morgan fingerprint density at radius 1 is 1.71 bits per heavy atom. The number of hydrogen-bond acceptors (Lipinski definition) is 7. The van der Waals surface area contributed by atoms with Crippen LogP contribution in [0, 0.1) is 11.3 Å². The first kappa shape index (κ1) is 13.0. The second-order valence-corrected chi connectivity index (χ2v) is 3.30. The fourth-order valence-electron chi connectivity index (χ4n) is 1.26. The van der Waals surface area contributed by atoms with Crippen molar-refractivity contribution < 1.29 is 19.7 Å². The predicted octanol–water partition coefficient (Wildman–Crippen LogP) is -1.18. The molecule has 0 fully saturated rings. The number of nitrogen functional groups attached to an aromatic ring is 1. The quantitative estimate of drug-likeness (QED) is 0.484. The Labute approximate surface area is 96.6 Å². The molecule has 2 unspecified atom stereocenters. The number of ether oxygens (including phenoxy) is 1. The number of nitrogens with two attached hydrogens (primary N) is 1. The number of rotatable bonds is 4. The van der Waals surface area contributed by atoms with Crippen LogP contribution >= 0.6 is 0 Å². The number of anilines is 1. The van der Waals surface area contributed by atoms with Crippen molar-refractivity contribution in [3.8, 4) is 6.07 Å². The zero-order valence-corrected chi connectivity index (χ0v) is 9.04. The topological polar surface area (TPSA) is 145 Å². The number of H-pyrrole nitrogens is 1. The van der Waals surface area contributed by atoms with Gasteiger partial charge >= 0.3 is 5.97 Å². The van der Waals surface area contributed by atoms with E-state index in [0.717, 1.165) is 7.11 Å². The molecule has 0 aliphatic rings. The number of carbonyl (C=O) groups is 1. The maximum absolute atomic E-state index is 10.9. The van der Waals surface area contributed by atoms with E-state index in [-0.39, 0.29) is 17.1 Å². The average molecular weight is 240 g/mol. The summed E-state index contributed by atoms with van der Waals surface area (Å²) in [7, 11) is 1.16. The van der Waals surface area contributed by atoms with E-state index in [1.807, 2.05) is 0 Å². The molecule has 92 valence electrons. The molecule has 0 aliphatic carbocycles. The Morgan fingerprint density at radius 3 is 2.88 bits per heavy atom. The number of aromatic amines is 1. The van der Waals surface area contributed by atoms with E-state index in [9.17, 15) is 15.0 Å². The number of carbonyl (C=O) groups excluding carboxylic acids is 1. The lowest BCUT2D eigenvalue weighted by atomic mass is 10.0. The summed E-state index contributed by atoms with van der Waals surface area (Å²) >= 11 is 0.